The van der Waals surface area contributed by atoms with Gasteiger partial charge < -0.3 is 5.11 Å². The van der Waals surface area contributed by atoms with Crippen LogP contribution >= 0.6 is 0 Å². The van der Waals surface area contributed by atoms with E-state index >= 15 is 0 Å². The fraction of sp³-hybridized carbons (Fsp3) is 0.846. The number of likely N-dealkylation sites (tertiary alicyclic amines) is 1. The van der Waals surface area contributed by atoms with E-state index < -0.39 is 5.97 Å². The normalized spacial score (nSPS) is 19.2. The van der Waals surface area contributed by atoms with Crippen molar-refractivity contribution in [1.82, 2.24) is 4.90 Å². The monoisotopic (exact) mass is 241 g/mol. The van der Waals surface area contributed by atoms with E-state index in [0.717, 1.165) is 25.9 Å². The molecule has 0 spiro atoms. The number of piperidine rings is 1. The van der Waals surface area contributed by atoms with Crippen molar-refractivity contribution in [3.8, 4) is 0 Å². The van der Waals surface area contributed by atoms with E-state index in [1.807, 2.05) is 20.8 Å². The van der Waals surface area contributed by atoms with Gasteiger partial charge in [0.25, 0.3) is 0 Å². The summed E-state index contributed by atoms with van der Waals surface area (Å²) in [5.41, 5.74) is -0.280. The maximum absolute atomic E-state index is 11.9. The molecule has 1 saturated heterocycles. The van der Waals surface area contributed by atoms with E-state index in [-0.39, 0.29) is 23.5 Å². The number of carboxylic acids is 1. The summed E-state index contributed by atoms with van der Waals surface area (Å²) in [4.78, 5) is 24.6. The van der Waals surface area contributed by atoms with Gasteiger partial charge >= 0.3 is 5.97 Å². The Morgan fingerprint density at radius 2 is 1.76 bits per heavy atom. The van der Waals surface area contributed by atoms with Crippen molar-refractivity contribution in [3.05, 3.63) is 0 Å². The highest BCUT2D eigenvalue weighted by molar-refractivity contribution is 5.85. The number of hydrogen-bond donors (Lipinski definition) is 1. The Hall–Kier alpha value is -0.900. The second-order valence-corrected chi connectivity index (χ2v) is 5.99. The van der Waals surface area contributed by atoms with Crippen molar-refractivity contribution in [2.45, 2.75) is 40.0 Å². The van der Waals surface area contributed by atoms with Crippen LogP contribution in [0.3, 0.4) is 0 Å². The Morgan fingerprint density at radius 1 is 1.24 bits per heavy atom. The molecule has 0 unspecified atom stereocenters. The Balaban J connectivity index is 2.33. The molecule has 0 aliphatic carbocycles. The number of aliphatic carboxylic acids is 1. The zero-order valence-corrected chi connectivity index (χ0v) is 11.0. The van der Waals surface area contributed by atoms with Crippen molar-refractivity contribution >= 4 is 11.8 Å². The summed E-state index contributed by atoms with van der Waals surface area (Å²) in [6.45, 7) is 8.01. The molecule has 0 atom stereocenters. The van der Waals surface area contributed by atoms with E-state index in [2.05, 4.69) is 4.90 Å². The summed E-state index contributed by atoms with van der Waals surface area (Å²) in [6, 6.07) is 0. The molecule has 98 valence electrons. The maximum atomic E-state index is 11.9. The standard InChI is InChI=1S/C13H23NO3/c1-13(2,3)11(15)9-14-6-4-10(5-7-14)8-12(16)17/h10H,4-9H2,1-3H3,(H,16,17). The van der Waals surface area contributed by atoms with E-state index in [0.29, 0.717) is 6.54 Å². The Morgan fingerprint density at radius 3 is 2.18 bits per heavy atom. The van der Waals surface area contributed by atoms with Crippen molar-refractivity contribution in [3.63, 3.8) is 0 Å². The fourth-order valence-corrected chi connectivity index (χ4v) is 2.04. The number of carbonyl (C=O) groups excluding carboxylic acids is 1. The molecule has 1 heterocycles. The summed E-state index contributed by atoms with van der Waals surface area (Å²) in [6.07, 6.45) is 2.05. The predicted octanol–water partition coefficient (Wildman–Crippen LogP) is 1.79. The molecule has 4 nitrogen and oxygen atoms in total. The number of nitrogens with zero attached hydrogens (tertiary/aromatic N) is 1. The van der Waals surface area contributed by atoms with E-state index in [1.165, 1.54) is 0 Å². The molecule has 0 radical (unpaired) electrons. The minimum atomic E-state index is -0.714. The number of hydrogen-bond acceptors (Lipinski definition) is 3. The Kier molecular flexibility index (Phi) is 4.69. The third kappa shape index (κ3) is 4.86. The summed E-state index contributed by atoms with van der Waals surface area (Å²) < 4.78 is 0. The Labute approximate surface area is 103 Å². The molecule has 17 heavy (non-hydrogen) atoms. The van der Waals surface area contributed by atoms with Gasteiger partial charge in [-0.3, -0.25) is 14.5 Å². The van der Waals surface area contributed by atoms with Crippen molar-refractivity contribution in [2.75, 3.05) is 19.6 Å². The highest BCUT2D eigenvalue weighted by Gasteiger charge is 2.26. The van der Waals surface area contributed by atoms with Crippen LogP contribution in [-0.4, -0.2) is 41.4 Å². The topological polar surface area (TPSA) is 57.6 Å². The van der Waals surface area contributed by atoms with Crippen molar-refractivity contribution < 1.29 is 14.7 Å². The van der Waals surface area contributed by atoms with Gasteiger partial charge in [0.05, 0.1) is 6.54 Å². The molecule has 0 aromatic heterocycles. The molecular weight excluding hydrogens is 218 g/mol. The van der Waals surface area contributed by atoms with Gasteiger partial charge in [-0.25, -0.2) is 0 Å². The van der Waals surface area contributed by atoms with E-state index in [1.54, 1.807) is 0 Å². The molecule has 1 fully saturated rings. The SMILES string of the molecule is CC(C)(C)C(=O)CN1CCC(CC(=O)O)CC1. The smallest absolute Gasteiger partial charge is 0.303 e. The molecule has 1 rings (SSSR count). The molecular formula is C13H23NO3. The van der Waals surface area contributed by atoms with Crippen molar-refractivity contribution in [2.24, 2.45) is 11.3 Å². The van der Waals surface area contributed by atoms with E-state index in [9.17, 15) is 9.59 Å². The molecule has 0 amide bonds. The van der Waals surface area contributed by atoms with Gasteiger partial charge in [0.2, 0.25) is 0 Å². The summed E-state index contributed by atoms with van der Waals surface area (Å²) >= 11 is 0. The highest BCUT2D eigenvalue weighted by Crippen LogP contribution is 2.22. The molecule has 4 heteroatoms. The first kappa shape index (κ1) is 14.2. The first-order chi connectivity index (χ1) is 7.79. The average Bonchev–Trinajstić information content (AvgIpc) is 2.18. The van der Waals surface area contributed by atoms with Gasteiger partial charge in [0.1, 0.15) is 0 Å². The van der Waals surface area contributed by atoms with Crippen LogP contribution in [0.1, 0.15) is 40.0 Å². The second kappa shape index (κ2) is 5.63. The first-order valence-corrected chi connectivity index (χ1v) is 6.26. The summed E-state index contributed by atoms with van der Waals surface area (Å²) in [7, 11) is 0. The van der Waals surface area contributed by atoms with Crippen LogP contribution in [0, 0.1) is 11.3 Å². The molecule has 0 aromatic rings. The van der Waals surface area contributed by atoms with E-state index in [4.69, 9.17) is 5.11 Å². The van der Waals surface area contributed by atoms with Gasteiger partial charge in [-0.15, -0.1) is 0 Å². The van der Waals surface area contributed by atoms with Gasteiger partial charge in [-0.2, -0.15) is 0 Å². The van der Waals surface area contributed by atoms with Gasteiger partial charge in [-0.1, -0.05) is 20.8 Å². The number of rotatable bonds is 4. The van der Waals surface area contributed by atoms with Crippen LogP contribution in [0.4, 0.5) is 0 Å². The van der Waals surface area contributed by atoms with Crippen LogP contribution in [0.25, 0.3) is 0 Å². The molecule has 0 bridgehead atoms. The largest absolute Gasteiger partial charge is 0.481 e. The van der Waals surface area contributed by atoms with Crippen LogP contribution in [0.15, 0.2) is 0 Å². The minimum absolute atomic E-state index is 0.259. The molecule has 0 saturated carbocycles. The fourth-order valence-electron chi connectivity index (χ4n) is 2.04. The van der Waals surface area contributed by atoms with Crippen molar-refractivity contribution in [1.29, 1.82) is 0 Å². The highest BCUT2D eigenvalue weighted by atomic mass is 16.4. The predicted molar refractivity (Wildman–Crippen MR) is 65.9 cm³/mol. The van der Waals surface area contributed by atoms with Gasteiger partial charge in [0.15, 0.2) is 5.78 Å². The molecule has 0 aromatic carbocycles. The molecule has 1 aliphatic heterocycles. The average molecular weight is 241 g/mol. The van der Waals surface area contributed by atoms with Crippen LogP contribution < -0.4 is 0 Å². The lowest BCUT2D eigenvalue weighted by molar-refractivity contribution is -0.138. The van der Waals surface area contributed by atoms with Crippen LogP contribution in [0.5, 0.6) is 0 Å². The minimum Gasteiger partial charge on any atom is -0.481 e. The van der Waals surface area contributed by atoms with Crippen LogP contribution in [-0.2, 0) is 9.59 Å². The Bertz CT molecular complexity index is 286. The summed E-state index contributed by atoms with van der Waals surface area (Å²) in [5, 5.41) is 8.72. The second-order valence-electron chi connectivity index (χ2n) is 5.99. The zero-order valence-electron chi connectivity index (χ0n) is 11.0. The first-order valence-electron chi connectivity index (χ1n) is 6.26. The molecule has 1 N–H and O–H groups in total. The maximum Gasteiger partial charge on any atom is 0.303 e. The van der Waals surface area contributed by atoms with Gasteiger partial charge in [-0.05, 0) is 31.8 Å². The lowest BCUT2D eigenvalue weighted by atomic mass is 9.89. The zero-order chi connectivity index (χ0) is 13.1. The lowest BCUT2D eigenvalue weighted by Crippen LogP contribution is -2.40. The summed E-state index contributed by atoms with van der Waals surface area (Å²) in [5.74, 6) is -0.170. The number of carbonyl (C=O) groups is 2. The number of carboxylic acid groups (broad SMARTS) is 1. The molecule has 1 aliphatic rings. The number of Topliss-reactive ketones (excluding diaryl/α,β-unsaturated/α-hetero) is 1. The third-order valence-corrected chi connectivity index (χ3v) is 3.37. The van der Waals surface area contributed by atoms with Gasteiger partial charge in [0, 0.05) is 11.8 Å². The number of ketones is 1. The third-order valence-electron chi connectivity index (χ3n) is 3.37. The van der Waals surface area contributed by atoms with Crippen LogP contribution in [0.2, 0.25) is 0 Å². The quantitative estimate of drug-likeness (QED) is 0.815. The lowest BCUT2D eigenvalue weighted by Gasteiger charge is -2.32.